The Bertz CT molecular complexity index is 1220. The number of nitrogen functional groups attached to an aromatic ring is 2. The number of thiophene rings is 1. The van der Waals surface area contributed by atoms with Crippen molar-refractivity contribution in [2.45, 2.75) is 13.8 Å². The van der Waals surface area contributed by atoms with E-state index in [2.05, 4.69) is 20.6 Å². The van der Waals surface area contributed by atoms with Crippen molar-refractivity contribution in [1.82, 2.24) is 9.78 Å². The zero-order valence-corrected chi connectivity index (χ0v) is 18.8. The summed E-state index contributed by atoms with van der Waals surface area (Å²) in [6.07, 6.45) is 0. The summed E-state index contributed by atoms with van der Waals surface area (Å²) in [5.74, 6) is -1.08. The number of azo groups is 1. The number of rotatable bonds is 6. The SMILES string of the molecule is CCOC(=O)c1c(N=Nc2c(N)nn(C(N)=S)c2N)sc(C(=O)Nc2ccccc2)c1C. The summed E-state index contributed by atoms with van der Waals surface area (Å²) in [6, 6.07) is 8.92. The van der Waals surface area contributed by atoms with Crippen molar-refractivity contribution in [2.24, 2.45) is 16.0 Å². The van der Waals surface area contributed by atoms with E-state index in [1.165, 1.54) is 0 Å². The molecule has 0 radical (unpaired) electrons. The molecule has 1 aromatic carbocycles. The molecular formula is C19H20N8O3S2. The van der Waals surface area contributed by atoms with Gasteiger partial charge < -0.3 is 27.3 Å². The largest absolute Gasteiger partial charge is 0.462 e. The molecule has 0 bridgehead atoms. The first-order chi connectivity index (χ1) is 15.2. The molecule has 2 heterocycles. The van der Waals surface area contributed by atoms with Crippen LogP contribution in [0.4, 0.5) is 28.0 Å². The topological polar surface area (TPSA) is 176 Å². The van der Waals surface area contributed by atoms with Gasteiger partial charge in [0.25, 0.3) is 5.91 Å². The number of esters is 1. The zero-order valence-electron chi connectivity index (χ0n) is 17.2. The van der Waals surface area contributed by atoms with E-state index < -0.39 is 11.9 Å². The van der Waals surface area contributed by atoms with Crippen LogP contribution in [0.2, 0.25) is 0 Å². The van der Waals surface area contributed by atoms with Crippen molar-refractivity contribution >= 4 is 68.6 Å². The van der Waals surface area contributed by atoms with Gasteiger partial charge in [-0.1, -0.05) is 18.2 Å². The van der Waals surface area contributed by atoms with E-state index in [9.17, 15) is 9.59 Å². The summed E-state index contributed by atoms with van der Waals surface area (Å²) in [7, 11) is 0. The summed E-state index contributed by atoms with van der Waals surface area (Å²) in [6.45, 7) is 3.46. The Morgan fingerprint density at radius 1 is 1.25 bits per heavy atom. The molecule has 0 saturated heterocycles. The minimum absolute atomic E-state index is 0.00763. The lowest BCUT2D eigenvalue weighted by Crippen LogP contribution is -2.22. The van der Waals surface area contributed by atoms with Crippen LogP contribution in [-0.2, 0) is 4.74 Å². The van der Waals surface area contributed by atoms with E-state index >= 15 is 0 Å². The van der Waals surface area contributed by atoms with Gasteiger partial charge in [-0.25, -0.2) is 4.79 Å². The molecule has 0 atom stereocenters. The Balaban J connectivity index is 2.02. The van der Waals surface area contributed by atoms with E-state index in [-0.39, 0.29) is 44.5 Å². The highest BCUT2D eigenvalue weighted by Gasteiger charge is 2.26. The van der Waals surface area contributed by atoms with Gasteiger partial charge in [-0.05, 0) is 43.8 Å². The smallest absolute Gasteiger partial charge is 0.341 e. The van der Waals surface area contributed by atoms with Crippen molar-refractivity contribution in [3.8, 4) is 0 Å². The second-order valence-electron chi connectivity index (χ2n) is 6.35. The van der Waals surface area contributed by atoms with E-state index in [0.717, 1.165) is 16.0 Å². The third kappa shape index (κ3) is 4.58. The minimum atomic E-state index is -0.631. The number of ether oxygens (including phenoxy) is 1. The van der Waals surface area contributed by atoms with Gasteiger partial charge in [-0.2, -0.15) is 4.68 Å². The molecule has 2 aromatic heterocycles. The standard InChI is InChI=1S/C19H20N8O3S2/c1-3-30-18(29)11-9(2)13(16(28)23-10-7-5-4-6-8-10)32-17(11)25-24-12-14(20)26-27(15(12)21)19(22)31/h4-8H,3,21H2,1-2H3,(H2,20,26)(H2,22,31)(H,23,28). The maximum absolute atomic E-state index is 12.8. The fourth-order valence-electron chi connectivity index (χ4n) is 2.74. The molecule has 1 amide bonds. The number of benzene rings is 1. The zero-order chi connectivity index (χ0) is 23.4. The Kier molecular flexibility index (Phi) is 6.80. The van der Waals surface area contributed by atoms with E-state index in [1.807, 2.05) is 6.07 Å². The first kappa shape index (κ1) is 22.8. The van der Waals surface area contributed by atoms with Gasteiger partial charge in [0.1, 0.15) is 5.56 Å². The van der Waals surface area contributed by atoms with Crippen LogP contribution in [0.3, 0.4) is 0 Å². The molecule has 0 spiro atoms. The number of carbonyl (C=O) groups excluding carboxylic acids is 2. The van der Waals surface area contributed by atoms with E-state index in [0.29, 0.717) is 11.3 Å². The number of aromatic nitrogens is 2. The van der Waals surface area contributed by atoms with Gasteiger partial charge in [0.2, 0.25) is 0 Å². The van der Waals surface area contributed by atoms with Crippen LogP contribution in [0.25, 0.3) is 0 Å². The molecule has 11 nitrogen and oxygen atoms in total. The van der Waals surface area contributed by atoms with E-state index in [4.69, 9.17) is 34.2 Å². The van der Waals surface area contributed by atoms with Gasteiger partial charge in [0.15, 0.2) is 27.4 Å². The molecule has 0 aliphatic carbocycles. The molecule has 7 N–H and O–H groups in total. The van der Waals surface area contributed by atoms with Crippen molar-refractivity contribution in [1.29, 1.82) is 0 Å². The Hall–Kier alpha value is -3.84. The lowest BCUT2D eigenvalue weighted by molar-refractivity contribution is 0.0527. The second kappa shape index (κ2) is 9.53. The molecule has 166 valence electrons. The van der Waals surface area contributed by atoms with Crippen LogP contribution in [0.15, 0.2) is 40.6 Å². The van der Waals surface area contributed by atoms with Crippen LogP contribution >= 0.6 is 23.6 Å². The minimum Gasteiger partial charge on any atom is -0.462 e. The van der Waals surface area contributed by atoms with Crippen molar-refractivity contribution in [3.05, 3.63) is 46.3 Å². The van der Waals surface area contributed by atoms with Gasteiger partial charge in [-0.3, -0.25) is 4.79 Å². The first-order valence-corrected chi connectivity index (χ1v) is 10.5. The predicted octanol–water partition coefficient (Wildman–Crippen LogP) is 3.35. The van der Waals surface area contributed by atoms with Crippen LogP contribution in [0, 0.1) is 6.92 Å². The quantitative estimate of drug-likeness (QED) is 0.240. The maximum atomic E-state index is 12.8. The molecule has 32 heavy (non-hydrogen) atoms. The molecule has 3 aromatic rings. The average molecular weight is 473 g/mol. The molecule has 0 aliphatic heterocycles. The number of amides is 1. The van der Waals surface area contributed by atoms with Crippen molar-refractivity contribution < 1.29 is 14.3 Å². The van der Waals surface area contributed by atoms with Crippen LogP contribution < -0.4 is 22.5 Å². The third-order valence-electron chi connectivity index (χ3n) is 4.22. The summed E-state index contributed by atoms with van der Waals surface area (Å²) in [5, 5.41) is 14.9. The average Bonchev–Trinajstić information content (AvgIpc) is 3.23. The number of hydrogen-bond donors (Lipinski definition) is 4. The molecule has 0 fully saturated rings. The molecule has 0 unspecified atom stereocenters. The fraction of sp³-hybridized carbons (Fsp3) is 0.158. The Labute approximate surface area is 192 Å². The molecule has 13 heteroatoms. The Morgan fingerprint density at radius 3 is 2.53 bits per heavy atom. The predicted molar refractivity (Wildman–Crippen MR) is 127 cm³/mol. The molecule has 3 rings (SSSR count). The van der Waals surface area contributed by atoms with Crippen molar-refractivity contribution in [3.63, 3.8) is 0 Å². The van der Waals surface area contributed by atoms with E-state index in [1.54, 1.807) is 38.1 Å². The highest BCUT2D eigenvalue weighted by molar-refractivity contribution is 7.80. The highest BCUT2D eigenvalue weighted by atomic mass is 32.1. The van der Waals surface area contributed by atoms with Crippen LogP contribution in [-0.4, -0.2) is 33.4 Å². The molecule has 0 aliphatic rings. The number of thiocarbonyl (C=S) groups is 1. The molecule has 0 saturated carbocycles. The summed E-state index contributed by atoms with van der Waals surface area (Å²) in [4.78, 5) is 25.7. The van der Waals surface area contributed by atoms with Crippen molar-refractivity contribution in [2.75, 3.05) is 23.4 Å². The van der Waals surface area contributed by atoms with Crippen LogP contribution in [0.1, 0.15) is 32.5 Å². The summed E-state index contributed by atoms with van der Waals surface area (Å²) in [5.41, 5.74) is 18.5. The monoisotopic (exact) mass is 472 g/mol. The number of anilines is 3. The maximum Gasteiger partial charge on any atom is 0.341 e. The summed E-state index contributed by atoms with van der Waals surface area (Å²) >= 11 is 5.83. The number of nitrogens with one attached hydrogen (secondary N) is 1. The highest BCUT2D eigenvalue weighted by Crippen LogP contribution is 2.39. The number of hydrogen-bond acceptors (Lipinski definition) is 10. The number of carbonyl (C=O) groups is 2. The van der Waals surface area contributed by atoms with Crippen LogP contribution in [0.5, 0.6) is 0 Å². The third-order valence-corrected chi connectivity index (χ3v) is 5.56. The molecular weight excluding hydrogens is 452 g/mol. The van der Waals surface area contributed by atoms with Gasteiger partial charge in [0.05, 0.1) is 11.5 Å². The summed E-state index contributed by atoms with van der Waals surface area (Å²) < 4.78 is 6.18. The first-order valence-electron chi connectivity index (χ1n) is 9.27. The lowest BCUT2D eigenvalue weighted by Gasteiger charge is -2.05. The number of para-hydroxylation sites is 1. The number of nitrogens with zero attached hydrogens (tertiary/aromatic N) is 4. The normalized spacial score (nSPS) is 10.9. The Morgan fingerprint density at radius 2 is 1.94 bits per heavy atom. The number of nitrogens with two attached hydrogens (primary N) is 3. The second-order valence-corrected chi connectivity index (χ2v) is 7.76. The van der Waals surface area contributed by atoms with Gasteiger partial charge in [0, 0.05) is 5.69 Å². The lowest BCUT2D eigenvalue weighted by atomic mass is 10.1. The van der Waals surface area contributed by atoms with Gasteiger partial charge >= 0.3 is 5.97 Å². The fourth-order valence-corrected chi connectivity index (χ4v) is 3.90. The van der Waals surface area contributed by atoms with Gasteiger partial charge in [-0.15, -0.1) is 26.7 Å².